The predicted molar refractivity (Wildman–Crippen MR) is 164 cm³/mol. The first-order chi connectivity index (χ1) is 20.1. The molecule has 0 aliphatic carbocycles. The van der Waals surface area contributed by atoms with Crippen LogP contribution in [0, 0.1) is 0 Å². The van der Waals surface area contributed by atoms with Gasteiger partial charge in [0.15, 0.2) is 5.65 Å². The molecule has 1 aromatic carbocycles. The minimum absolute atomic E-state index is 0.0749. The SMILES string of the molecule is O=C(O)/C=C/c1cc(Cl)c(SCC(=O)N[C@@H]2C(=O)N3C(C(=O)O)=C(SCSc4ncnc5[nH]ncc45)CS[C@H]23)cc1Cl. The quantitative estimate of drug-likeness (QED) is 0.0749. The lowest BCUT2D eigenvalue weighted by Crippen LogP contribution is -2.70. The molecule has 1 fully saturated rings. The second kappa shape index (κ2) is 13.2. The van der Waals surface area contributed by atoms with Gasteiger partial charge in [-0.3, -0.25) is 19.6 Å². The summed E-state index contributed by atoms with van der Waals surface area (Å²) < 4.78 is 0. The van der Waals surface area contributed by atoms with Gasteiger partial charge in [0.25, 0.3) is 5.91 Å². The minimum atomic E-state index is -1.21. The first kappa shape index (κ1) is 30.6. The monoisotopic (exact) mass is 684 g/mol. The molecule has 4 heterocycles. The third-order valence-electron chi connectivity index (χ3n) is 5.91. The van der Waals surface area contributed by atoms with Gasteiger partial charge in [-0.05, 0) is 23.8 Å². The molecule has 218 valence electrons. The summed E-state index contributed by atoms with van der Waals surface area (Å²) in [6, 6.07) is 2.16. The zero-order valence-corrected chi connectivity index (χ0v) is 25.7. The molecule has 2 atom stereocenters. The van der Waals surface area contributed by atoms with E-state index in [-0.39, 0.29) is 21.5 Å². The molecule has 0 unspecified atom stereocenters. The lowest BCUT2D eigenvalue weighted by Gasteiger charge is -2.49. The van der Waals surface area contributed by atoms with Crippen LogP contribution in [-0.2, 0) is 19.2 Å². The molecule has 2 aliphatic rings. The van der Waals surface area contributed by atoms with Gasteiger partial charge in [0, 0.05) is 31.7 Å². The number of aromatic amines is 1. The molecule has 2 aliphatic heterocycles. The van der Waals surface area contributed by atoms with Gasteiger partial charge >= 0.3 is 11.9 Å². The van der Waals surface area contributed by atoms with Crippen molar-refractivity contribution in [1.29, 1.82) is 0 Å². The van der Waals surface area contributed by atoms with Crippen LogP contribution in [0.15, 0.2) is 51.3 Å². The minimum Gasteiger partial charge on any atom is -0.478 e. The van der Waals surface area contributed by atoms with Crippen molar-refractivity contribution >= 4 is 111 Å². The van der Waals surface area contributed by atoms with Gasteiger partial charge in [0.1, 0.15) is 28.5 Å². The molecule has 2 aromatic heterocycles. The second-order valence-corrected chi connectivity index (χ2v) is 13.9. The highest BCUT2D eigenvalue weighted by molar-refractivity contribution is 8.18. The van der Waals surface area contributed by atoms with Crippen LogP contribution in [0.25, 0.3) is 17.1 Å². The van der Waals surface area contributed by atoms with Crippen molar-refractivity contribution in [3.8, 4) is 0 Å². The molecule has 0 saturated carbocycles. The van der Waals surface area contributed by atoms with Gasteiger partial charge in [0.05, 0.1) is 22.4 Å². The molecule has 42 heavy (non-hydrogen) atoms. The number of benzene rings is 1. The van der Waals surface area contributed by atoms with Crippen LogP contribution in [0.3, 0.4) is 0 Å². The van der Waals surface area contributed by atoms with Gasteiger partial charge in [0.2, 0.25) is 5.91 Å². The number of H-pyrrole nitrogens is 1. The number of thioether (sulfide) groups is 4. The van der Waals surface area contributed by atoms with Gasteiger partial charge in [-0.15, -0.1) is 35.3 Å². The molecule has 4 N–H and O–H groups in total. The van der Waals surface area contributed by atoms with Crippen LogP contribution in [0.5, 0.6) is 0 Å². The molecular formula is C24H18Cl2N6O6S4. The molecule has 18 heteroatoms. The van der Waals surface area contributed by atoms with E-state index in [1.54, 1.807) is 6.20 Å². The predicted octanol–water partition coefficient (Wildman–Crippen LogP) is 4.03. The Bertz CT molecular complexity index is 1670. The molecule has 2 amide bonds. The summed E-state index contributed by atoms with van der Waals surface area (Å²) in [5.41, 5.74) is 0.936. The van der Waals surface area contributed by atoms with Gasteiger partial charge in [-0.1, -0.05) is 35.0 Å². The van der Waals surface area contributed by atoms with E-state index in [9.17, 15) is 24.3 Å². The van der Waals surface area contributed by atoms with Crippen LogP contribution < -0.4 is 5.32 Å². The molecule has 0 bridgehead atoms. The summed E-state index contributed by atoms with van der Waals surface area (Å²) in [5.74, 6) is -2.99. The van der Waals surface area contributed by atoms with E-state index in [1.165, 1.54) is 64.7 Å². The number of carbonyl (C=O) groups excluding carboxylic acids is 2. The number of aliphatic carboxylic acids is 2. The highest BCUT2D eigenvalue weighted by atomic mass is 35.5. The van der Waals surface area contributed by atoms with E-state index >= 15 is 0 Å². The van der Waals surface area contributed by atoms with Gasteiger partial charge in [-0.25, -0.2) is 19.6 Å². The highest BCUT2D eigenvalue weighted by Gasteiger charge is 2.54. The van der Waals surface area contributed by atoms with Crippen molar-refractivity contribution in [2.45, 2.75) is 21.3 Å². The van der Waals surface area contributed by atoms with Crippen molar-refractivity contribution in [2.75, 3.05) is 16.6 Å². The zero-order valence-electron chi connectivity index (χ0n) is 20.9. The maximum atomic E-state index is 13.0. The number of carboxylic acids is 2. The van der Waals surface area contributed by atoms with Gasteiger partial charge < -0.3 is 15.5 Å². The summed E-state index contributed by atoms with van der Waals surface area (Å²) >= 11 is 17.7. The molecule has 0 radical (unpaired) electrons. The topological polar surface area (TPSA) is 178 Å². The van der Waals surface area contributed by atoms with Crippen LogP contribution in [0.4, 0.5) is 0 Å². The molecule has 12 nitrogen and oxygen atoms in total. The number of carbonyl (C=O) groups is 4. The van der Waals surface area contributed by atoms with Crippen LogP contribution in [0.2, 0.25) is 10.0 Å². The average molecular weight is 686 g/mol. The summed E-state index contributed by atoms with van der Waals surface area (Å²) in [4.78, 5) is 59.2. The fraction of sp³-hybridized carbons (Fsp3) is 0.208. The summed E-state index contributed by atoms with van der Waals surface area (Å²) in [5, 5.41) is 30.1. The smallest absolute Gasteiger partial charge is 0.353 e. The zero-order chi connectivity index (χ0) is 30.0. The third-order valence-corrected chi connectivity index (χ3v) is 11.4. The Balaban J connectivity index is 1.18. The van der Waals surface area contributed by atoms with E-state index in [1.807, 2.05) is 0 Å². The summed E-state index contributed by atoms with van der Waals surface area (Å²) in [6.45, 7) is 0. The van der Waals surface area contributed by atoms with Crippen molar-refractivity contribution in [3.05, 3.63) is 56.9 Å². The van der Waals surface area contributed by atoms with E-state index in [0.29, 0.717) is 36.9 Å². The Labute approximate surface area is 264 Å². The lowest BCUT2D eigenvalue weighted by atomic mass is 10.1. The first-order valence-electron chi connectivity index (χ1n) is 11.8. The number of carboxylic acid groups (broad SMARTS) is 2. The number of nitrogens with zero attached hydrogens (tertiary/aromatic N) is 4. The fourth-order valence-corrected chi connectivity index (χ4v) is 9.14. The van der Waals surface area contributed by atoms with Crippen LogP contribution >= 0.6 is 70.2 Å². The maximum Gasteiger partial charge on any atom is 0.353 e. The standard InChI is InChI=1S/C24H18Cl2N6O6S4/c25-12-4-14(13(26)3-10(12)1-2-17(34)35)39-7-16(33)30-18-22(36)32-19(24(37)38)15(6-40-23(18)32)41-9-42-21-11-5-29-31-20(11)27-8-28-21/h1-5,8,18,23H,6-7,9H2,(H,30,33)(H,34,35)(H,37,38)(H,27,28,29,31)/b2-1+/t18-,23-/m1/s1. The Morgan fingerprint density at radius 2 is 1.98 bits per heavy atom. The molecule has 1 saturated heterocycles. The molecule has 5 rings (SSSR count). The number of amides is 2. The van der Waals surface area contributed by atoms with E-state index < -0.39 is 35.2 Å². The maximum absolute atomic E-state index is 13.0. The molecule has 3 aromatic rings. The average Bonchev–Trinajstić information content (AvgIpc) is 3.44. The van der Waals surface area contributed by atoms with Crippen molar-refractivity contribution in [3.63, 3.8) is 0 Å². The van der Waals surface area contributed by atoms with E-state index in [4.69, 9.17) is 28.3 Å². The number of nitrogens with one attached hydrogen (secondary N) is 2. The Morgan fingerprint density at radius 3 is 2.74 bits per heavy atom. The van der Waals surface area contributed by atoms with Gasteiger partial charge in [-0.2, -0.15) is 5.10 Å². The molecule has 0 spiro atoms. The van der Waals surface area contributed by atoms with Crippen molar-refractivity contribution < 1.29 is 29.4 Å². The Kier molecular flexibility index (Phi) is 9.59. The Hall–Kier alpha value is -2.89. The van der Waals surface area contributed by atoms with Crippen molar-refractivity contribution in [1.82, 2.24) is 30.4 Å². The normalized spacial score (nSPS) is 18.3. The Morgan fingerprint density at radius 1 is 1.17 bits per heavy atom. The highest BCUT2D eigenvalue weighted by Crippen LogP contribution is 2.44. The fourth-order valence-electron chi connectivity index (χ4n) is 4.02. The van der Waals surface area contributed by atoms with Crippen LogP contribution in [-0.4, -0.2) is 87.0 Å². The van der Waals surface area contributed by atoms with Crippen LogP contribution in [0.1, 0.15) is 5.56 Å². The number of halogens is 2. The summed E-state index contributed by atoms with van der Waals surface area (Å²) in [7, 11) is 0. The number of fused-ring (bicyclic) bond motifs is 2. The van der Waals surface area contributed by atoms with E-state index in [0.717, 1.165) is 23.2 Å². The second-order valence-electron chi connectivity index (χ2n) is 8.51. The number of rotatable bonds is 11. The van der Waals surface area contributed by atoms with Crippen molar-refractivity contribution in [2.24, 2.45) is 0 Å². The number of β-lactam (4-membered cyclic amide) rings is 1. The summed E-state index contributed by atoms with van der Waals surface area (Å²) in [6.07, 6.45) is 5.29. The van der Waals surface area contributed by atoms with E-state index in [2.05, 4.69) is 25.5 Å². The lowest BCUT2D eigenvalue weighted by molar-refractivity contribution is -0.150. The third kappa shape index (κ3) is 6.53. The largest absolute Gasteiger partial charge is 0.478 e. The first-order valence-corrected chi connectivity index (χ1v) is 16.5. The number of hydrogen-bond acceptors (Lipinski definition) is 11. The number of hydrogen-bond donors (Lipinski definition) is 4. The number of aromatic nitrogens is 4. The molecular weight excluding hydrogens is 667 g/mol.